The summed E-state index contributed by atoms with van der Waals surface area (Å²) in [6.07, 6.45) is 5.82. The van der Waals surface area contributed by atoms with E-state index < -0.39 is 10.0 Å². The molecule has 1 aromatic carbocycles. The van der Waals surface area contributed by atoms with Crippen molar-refractivity contribution in [3.63, 3.8) is 0 Å². The molecule has 2 rings (SSSR count). The first-order valence-corrected chi connectivity index (χ1v) is 9.44. The second kappa shape index (κ2) is 7.90. The SMILES string of the molecule is C[C@@H](NC(=O)COC1CCCCC1)c1ccc(S(N)(=O)=O)cc1. The van der Waals surface area contributed by atoms with E-state index in [0.29, 0.717) is 0 Å². The molecule has 1 aliphatic rings. The fourth-order valence-corrected chi connectivity index (χ4v) is 3.25. The van der Waals surface area contributed by atoms with E-state index in [1.54, 1.807) is 12.1 Å². The largest absolute Gasteiger partial charge is 0.368 e. The fourth-order valence-electron chi connectivity index (χ4n) is 2.74. The maximum atomic E-state index is 11.9. The van der Waals surface area contributed by atoms with Crippen LogP contribution in [0.15, 0.2) is 29.2 Å². The third-order valence-corrected chi connectivity index (χ3v) is 5.02. The zero-order valence-corrected chi connectivity index (χ0v) is 14.1. The van der Waals surface area contributed by atoms with Gasteiger partial charge in [-0.3, -0.25) is 4.79 Å². The van der Waals surface area contributed by atoms with Crippen LogP contribution in [0.3, 0.4) is 0 Å². The Kier molecular flexibility index (Phi) is 6.15. The van der Waals surface area contributed by atoms with E-state index in [9.17, 15) is 13.2 Å². The minimum absolute atomic E-state index is 0.0559. The van der Waals surface area contributed by atoms with Gasteiger partial charge in [-0.1, -0.05) is 31.4 Å². The van der Waals surface area contributed by atoms with Crippen molar-refractivity contribution in [1.82, 2.24) is 5.32 Å². The fraction of sp³-hybridized carbons (Fsp3) is 0.562. The minimum atomic E-state index is -3.70. The Hall–Kier alpha value is -1.44. The van der Waals surface area contributed by atoms with Crippen molar-refractivity contribution in [3.8, 4) is 0 Å². The number of hydrogen-bond acceptors (Lipinski definition) is 4. The number of hydrogen-bond donors (Lipinski definition) is 2. The van der Waals surface area contributed by atoms with Gasteiger partial charge in [-0.2, -0.15) is 0 Å². The quantitative estimate of drug-likeness (QED) is 0.826. The lowest BCUT2D eigenvalue weighted by atomic mass is 9.98. The van der Waals surface area contributed by atoms with Gasteiger partial charge < -0.3 is 10.1 Å². The van der Waals surface area contributed by atoms with Gasteiger partial charge in [-0.05, 0) is 37.5 Å². The summed E-state index contributed by atoms with van der Waals surface area (Å²) < 4.78 is 28.1. The molecule has 1 atom stereocenters. The second-order valence-corrected chi connectivity index (χ2v) is 7.54. The molecule has 0 aromatic heterocycles. The van der Waals surface area contributed by atoms with Gasteiger partial charge in [-0.15, -0.1) is 0 Å². The van der Waals surface area contributed by atoms with Gasteiger partial charge in [0.15, 0.2) is 0 Å². The van der Waals surface area contributed by atoms with Gasteiger partial charge >= 0.3 is 0 Å². The molecule has 0 bridgehead atoms. The summed E-state index contributed by atoms with van der Waals surface area (Å²) in [4.78, 5) is 12.0. The molecule has 0 spiro atoms. The zero-order valence-electron chi connectivity index (χ0n) is 13.3. The molecule has 128 valence electrons. The highest BCUT2D eigenvalue weighted by Crippen LogP contribution is 2.20. The van der Waals surface area contributed by atoms with Crippen LogP contribution in [-0.2, 0) is 19.6 Å². The zero-order chi connectivity index (χ0) is 16.9. The minimum Gasteiger partial charge on any atom is -0.368 e. The van der Waals surface area contributed by atoms with Crippen LogP contribution in [0.5, 0.6) is 0 Å². The molecule has 1 fully saturated rings. The van der Waals surface area contributed by atoms with Crippen LogP contribution < -0.4 is 10.5 Å². The van der Waals surface area contributed by atoms with E-state index in [1.807, 2.05) is 6.92 Å². The summed E-state index contributed by atoms with van der Waals surface area (Å²) in [5.41, 5.74) is 0.809. The lowest BCUT2D eigenvalue weighted by molar-refractivity contribution is -0.129. The number of nitrogens with two attached hydrogens (primary N) is 1. The van der Waals surface area contributed by atoms with Crippen molar-refractivity contribution >= 4 is 15.9 Å². The Bertz CT molecular complexity index is 622. The van der Waals surface area contributed by atoms with Crippen LogP contribution in [0.25, 0.3) is 0 Å². The summed E-state index contributed by atoms with van der Waals surface area (Å²) in [7, 11) is -3.70. The van der Waals surface area contributed by atoms with E-state index in [-0.39, 0.29) is 29.6 Å². The molecule has 0 heterocycles. The van der Waals surface area contributed by atoms with Crippen molar-refractivity contribution in [2.24, 2.45) is 5.14 Å². The third-order valence-electron chi connectivity index (χ3n) is 4.09. The number of nitrogens with one attached hydrogen (secondary N) is 1. The number of amides is 1. The van der Waals surface area contributed by atoms with E-state index >= 15 is 0 Å². The number of ether oxygens (including phenoxy) is 1. The first kappa shape index (κ1) is 17.9. The van der Waals surface area contributed by atoms with Crippen molar-refractivity contribution in [2.45, 2.75) is 56.1 Å². The van der Waals surface area contributed by atoms with Gasteiger partial charge in [0.1, 0.15) is 6.61 Å². The van der Waals surface area contributed by atoms with Gasteiger partial charge in [0.25, 0.3) is 0 Å². The van der Waals surface area contributed by atoms with E-state index in [1.165, 1.54) is 31.4 Å². The maximum absolute atomic E-state index is 11.9. The number of carbonyl (C=O) groups is 1. The standard InChI is InChI=1S/C16H24N2O4S/c1-12(13-7-9-15(10-8-13)23(17,20)21)18-16(19)11-22-14-5-3-2-4-6-14/h7-10,12,14H,2-6,11H2,1H3,(H,18,19)(H2,17,20,21)/t12-/m1/s1. The normalized spacial score (nSPS) is 17.7. The number of primary sulfonamides is 1. The average Bonchev–Trinajstić information content (AvgIpc) is 2.53. The van der Waals surface area contributed by atoms with Crippen molar-refractivity contribution in [3.05, 3.63) is 29.8 Å². The van der Waals surface area contributed by atoms with Crippen LogP contribution in [0.2, 0.25) is 0 Å². The highest BCUT2D eigenvalue weighted by atomic mass is 32.2. The topological polar surface area (TPSA) is 98.5 Å². The molecule has 7 heteroatoms. The number of rotatable bonds is 6. The Labute approximate surface area is 137 Å². The summed E-state index contributed by atoms with van der Waals surface area (Å²) in [5, 5.41) is 7.91. The monoisotopic (exact) mass is 340 g/mol. The van der Waals surface area contributed by atoms with Crippen LogP contribution >= 0.6 is 0 Å². The first-order valence-electron chi connectivity index (χ1n) is 7.90. The van der Waals surface area contributed by atoms with Crippen LogP contribution in [0.4, 0.5) is 0 Å². The Morgan fingerprint density at radius 2 is 1.87 bits per heavy atom. The second-order valence-electron chi connectivity index (χ2n) is 5.97. The molecule has 3 N–H and O–H groups in total. The van der Waals surface area contributed by atoms with E-state index in [4.69, 9.17) is 9.88 Å². The summed E-state index contributed by atoms with van der Waals surface area (Å²) in [6, 6.07) is 5.93. The van der Waals surface area contributed by atoms with Gasteiger partial charge in [0.2, 0.25) is 15.9 Å². The molecule has 1 saturated carbocycles. The van der Waals surface area contributed by atoms with Crippen LogP contribution in [-0.4, -0.2) is 27.0 Å². The molecule has 1 aromatic rings. The molecular formula is C16H24N2O4S. The van der Waals surface area contributed by atoms with Crippen molar-refractivity contribution < 1.29 is 17.9 Å². The lowest BCUT2D eigenvalue weighted by Crippen LogP contribution is -2.32. The molecule has 23 heavy (non-hydrogen) atoms. The predicted octanol–water partition coefficient (Wildman–Crippen LogP) is 1.86. The summed E-state index contributed by atoms with van der Waals surface area (Å²) in [6.45, 7) is 1.90. The van der Waals surface area contributed by atoms with E-state index in [0.717, 1.165) is 18.4 Å². The smallest absolute Gasteiger partial charge is 0.246 e. The highest BCUT2D eigenvalue weighted by molar-refractivity contribution is 7.89. The summed E-state index contributed by atoms with van der Waals surface area (Å²) >= 11 is 0. The lowest BCUT2D eigenvalue weighted by Gasteiger charge is -2.22. The number of benzene rings is 1. The molecule has 1 amide bonds. The third kappa shape index (κ3) is 5.60. The molecule has 0 radical (unpaired) electrons. The van der Waals surface area contributed by atoms with Gasteiger partial charge in [0.05, 0.1) is 17.0 Å². The number of carbonyl (C=O) groups excluding carboxylic acids is 1. The molecule has 1 aliphatic carbocycles. The molecule has 0 aliphatic heterocycles. The molecule has 0 unspecified atom stereocenters. The van der Waals surface area contributed by atoms with Crippen molar-refractivity contribution in [1.29, 1.82) is 0 Å². The summed E-state index contributed by atoms with van der Waals surface area (Å²) in [5.74, 6) is -0.168. The van der Waals surface area contributed by atoms with Crippen LogP contribution in [0.1, 0.15) is 50.6 Å². The maximum Gasteiger partial charge on any atom is 0.246 e. The van der Waals surface area contributed by atoms with Crippen molar-refractivity contribution in [2.75, 3.05) is 6.61 Å². The van der Waals surface area contributed by atoms with Crippen LogP contribution in [0, 0.1) is 0 Å². The Morgan fingerprint density at radius 1 is 1.26 bits per heavy atom. The predicted molar refractivity (Wildman–Crippen MR) is 87.2 cm³/mol. The van der Waals surface area contributed by atoms with Gasteiger partial charge in [0, 0.05) is 0 Å². The molecule has 0 saturated heterocycles. The molecule has 6 nitrogen and oxygen atoms in total. The Morgan fingerprint density at radius 3 is 2.43 bits per heavy atom. The van der Waals surface area contributed by atoms with E-state index in [2.05, 4.69) is 5.32 Å². The van der Waals surface area contributed by atoms with Gasteiger partial charge in [-0.25, -0.2) is 13.6 Å². The Balaban J connectivity index is 1.83. The first-order chi connectivity index (χ1) is 10.9. The highest BCUT2D eigenvalue weighted by Gasteiger charge is 2.16. The average molecular weight is 340 g/mol. The number of sulfonamides is 1. The molecular weight excluding hydrogens is 316 g/mol.